The molecule has 3 rings (SSSR count). The third-order valence-electron chi connectivity index (χ3n) is 4.66. The van der Waals surface area contributed by atoms with E-state index in [1.54, 1.807) is 6.92 Å². The average Bonchev–Trinajstić information content (AvgIpc) is 2.38. The number of phenols is 1. The van der Waals surface area contributed by atoms with Gasteiger partial charge < -0.3 is 9.84 Å². The second kappa shape index (κ2) is 4.58. The van der Waals surface area contributed by atoms with Crippen molar-refractivity contribution < 1.29 is 19.4 Å². The van der Waals surface area contributed by atoms with Gasteiger partial charge in [-0.15, -0.1) is 0 Å². The molecule has 1 heterocycles. The molecule has 1 aromatic rings. The number of cyclic esters (lactones) is 1. The zero-order chi connectivity index (χ0) is 15.4. The average molecular weight is 288 g/mol. The minimum absolute atomic E-state index is 0.0603. The molecule has 1 unspecified atom stereocenters. The van der Waals surface area contributed by atoms with Crippen LogP contribution in [-0.4, -0.2) is 23.5 Å². The summed E-state index contributed by atoms with van der Waals surface area (Å²) >= 11 is 0. The molecular weight excluding hydrogens is 268 g/mol. The number of aromatic hydroxyl groups is 1. The van der Waals surface area contributed by atoms with Crippen LogP contribution in [-0.2, 0) is 24.0 Å². The monoisotopic (exact) mass is 288 g/mol. The fourth-order valence-electron chi connectivity index (χ4n) is 3.57. The van der Waals surface area contributed by atoms with Crippen LogP contribution in [0.15, 0.2) is 0 Å². The molecule has 1 aliphatic heterocycles. The molecule has 0 fully saturated rings. The summed E-state index contributed by atoms with van der Waals surface area (Å²) in [4.78, 5) is 23.7. The SMILES string of the molecule is CC1Cc2c(C=O)c(O)c3c(c2C(=O)O1)CCC(C)(C)C3. The lowest BCUT2D eigenvalue weighted by Crippen LogP contribution is -2.31. The van der Waals surface area contributed by atoms with Gasteiger partial charge in [-0.1, -0.05) is 13.8 Å². The third kappa shape index (κ3) is 2.13. The molecular formula is C17H20O4. The van der Waals surface area contributed by atoms with Crippen molar-refractivity contribution in [3.63, 3.8) is 0 Å². The van der Waals surface area contributed by atoms with Gasteiger partial charge in [0, 0.05) is 6.42 Å². The molecule has 21 heavy (non-hydrogen) atoms. The molecule has 112 valence electrons. The number of hydrogen-bond donors (Lipinski definition) is 1. The number of fused-ring (bicyclic) bond motifs is 3. The molecule has 0 aromatic heterocycles. The van der Waals surface area contributed by atoms with E-state index in [1.165, 1.54) is 0 Å². The quantitative estimate of drug-likeness (QED) is 0.637. The number of carbonyl (C=O) groups excluding carboxylic acids is 2. The first-order valence-electron chi connectivity index (χ1n) is 7.40. The van der Waals surface area contributed by atoms with Crippen LogP contribution in [0.3, 0.4) is 0 Å². The largest absolute Gasteiger partial charge is 0.507 e. The Kier molecular flexibility index (Phi) is 3.08. The van der Waals surface area contributed by atoms with Crippen LogP contribution in [0.1, 0.15) is 64.6 Å². The minimum Gasteiger partial charge on any atom is -0.507 e. The number of aldehydes is 1. The lowest BCUT2D eigenvalue weighted by Gasteiger charge is -2.35. The maximum atomic E-state index is 12.3. The van der Waals surface area contributed by atoms with Crippen molar-refractivity contribution in [1.29, 1.82) is 0 Å². The molecule has 1 aliphatic carbocycles. The molecule has 4 heteroatoms. The van der Waals surface area contributed by atoms with E-state index < -0.39 is 0 Å². The zero-order valence-corrected chi connectivity index (χ0v) is 12.7. The fourth-order valence-corrected chi connectivity index (χ4v) is 3.57. The van der Waals surface area contributed by atoms with E-state index in [0.29, 0.717) is 30.3 Å². The van der Waals surface area contributed by atoms with Crippen molar-refractivity contribution >= 4 is 12.3 Å². The molecule has 0 radical (unpaired) electrons. The minimum atomic E-state index is -0.359. The Labute approximate surface area is 124 Å². The highest BCUT2D eigenvalue weighted by molar-refractivity contribution is 5.99. The molecule has 0 spiro atoms. The van der Waals surface area contributed by atoms with Crippen LogP contribution in [0.5, 0.6) is 5.75 Å². The number of hydrogen-bond acceptors (Lipinski definition) is 4. The predicted octanol–water partition coefficient (Wildman–Crippen LogP) is 2.82. The van der Waals surface area contributed by atoms with Gasteiger partial charge in [0.1, 0.15) is 11.9 Å². The lowest BCUT2D eigenvalue weighted by atomic mass is 9.71. The van der Waals surface area contributed by atoms with Gasteiger partial charge in [-0.3, -0.25) is 4.79 Å². The highest BCUT2D eigenvalue weighted by Crippen LogP contribution is 2.44. The van der Waals surface area contributed by atoms with Gasteiger partial charge in [0.25, 0.3) is 0 Å². The highest BCUT2D eigenvalue weighted by Gasteiger charge is 2.37. The second-order valence-electron chi connectivity index (χ2n) is 6.95. The van der Waals surface area contributed by atoms with E-state index >= 15 is 0 Å². The Bertz CT molecular complexity index is 643. The van der Waals surface area contributed by atoms with Crippen LogP contribution in [0.2, 0.25) is 0 Å². The second-order valence-corrected chi connectivity index (χ2v) is 6.95. The van der Waals surface area contributed by atoms with Crippen LogP contribution in [0.25, 0.3) is 0 Å². The normalized spacial score (nSPS) is 23.0. The Morgan fingerprint density at radius 1 is 1.29 bits per heavy atom. The number of esters is 1. The van der Waals surface area contributed by atoms with E-state index in [0.717, 1.165) is 24.0 Å². The Morgan fingerprint density at radius 3 is 2.67 bits per heavy atom. The molecule has 0 saturated heterocycles. The van der Waals surface area contributed by atoms with Crippen molar-refractivity contribution in [1.82, 2.24) is 0 Å². The molecule has 0 amide bonds. The number of ether oxygens (including phenoxy) is 1. The van der Waals surface area contributed by atoms with Gasteiger partial charge in [-0.05, 0) is 48.3 Å². The maximum absolute atomic E-state index is 12.3. The summed E-state index contributed by atoms with van der Waals surface area (Å²) in [5.41, 5.74) is 3.14. The van der Waals surface area contributed by atoms with E-state index in [-0.39, 0.29) is 28.8 Å². The Morgan fingerprint density at radius 2 is 2.00 bits per heavy atom. The van der Waals surface area contributed by atoms with Crippen molar-refractivity contribution in [3.05, 3.63) is 27.8 Å². The predicted molar refractivity (Wildman–Crippen MR) is 77.9 cm³/mol. The van der Waals surface area contributed by atoms with Gasteiger partial charge in [-0.2, -0.15) is 0 Å². The van der Waals surface area contributed by atoms with Gasteiger partial charge in [0.15, 0.2) is 6.29 Å². The third-order valence-corrected chi connectivity index (χ3v) is 4.66. The molecule has 1 N–H and O–H groups in total. The summed E-state index contributed by atoms with van der Waals surface area (Å²) in [6.07, 6.45) is 3.25. The fraction of sp³-hybridized carbons (Fsp3) is 0.529. The first-order valence-corrected chi connectivity index (χ1v) is 7.40. The van der Waals surface area contributed by atoms with Gasteiger partial charge in [0.05, 0.1) is 11.1 Å². The molecule has 1 aromatic carbocycles. The van der Waals surface area contributed by atoms with Gasteiger partial charge in [0.2, 0.25) is 0 Å². The summed E-state index contributed by atoms with van der Waals surface area (Å²) in [7, 11) is 0. The van der Waals surface area contributed by atoms with Crippen LogP contribution >= 0.6 is 0 Å². The molecule has 0 saturated carbocycles. The summed E-state index contributed by atoms with van der Waals surface area (Å²) in [6.45, 7) is 6.07. The first kappa shape index (κ1) is 14.1. The van der Waals surface area contributed by atoms with E-state index in [1.807, 2.05) is 0 Å². The molecule has 4 nitrogen and oxygen atoms in total. The first-order chi connectivity index (χ1) is 9.84. The van der Waals surface area contributed by atoms with Gasteiger partial charge in [-0.25, -0.2) is 4.79 Å². The summed E-state index contributed by atoms with van der Waals surface area (Å²) in [6, 6.07) is 0. The highest BCUT2D eigenvalue weighted by atomic mass is 16.5. The summed E-state index contributed by atoms with van der Waals surface area (Å²) in [5, 5.41) is 10.5. The number of carbonyl (C=O) groups is 2. The van der Waals surface area contributed by atoms with E-state index in [4.69, 9.17) is 4.74 Å². The lowest BCUT2D eigenvalue weighted by molar-refractivity contribution is 0.0297. The number of rotatable bonds is 1. The maximum Gasteiger partial charge on any atom is 0.339 e. The number of benzene rings is 1. The molecule has 2 aliphatic rings. The summed E-state index contributed by atoms with van der Waals surface area (Å²) < 4.78 is 5.33. The summed E-state index contributed by atoms with van der Waals surface area (Å²) in [5.74, 6) is -0.295. The molecule has 1 atom stereocenters. The topological polar surface area (TPSA) is 63.6 Å². The van der Waals surface area contributed by atoms with Crippen molar-refractivity contribution in [2.24, 2.45) is 5.41 Å². The van der Waals surface area contributed by atoms with Crippen molar-refractivity contribution in [3.8, 4) is 5.75 Å². The van der Waals surface area contributed by atoms with E-state index in [9.17, 15) is 14.7 Å². The standard InChI is InChI=1S/C17H20O4/c1-9-6-11-13(8-18)15(19)12-7-17(2,3)5-4-10(12)14(11)16(20)21-9/h8-9,19H,4-7H2,1-3H3. The Hall–Kier alpha value is -1.84. The van der Waals surface area contributed by atoms with Crippen LogP contribution in [0.4, 0.5) is 0 Å². The van der Waals surface area contributed by atoms with Crippen LogP contribution < -0.4 is 0 Å². The number of phenolic OH excluding ortho intramolecular Hbond substituents is 1. The zero-order valence-electron chi connectivity index (χ0n) is 12.7. The van der Waals surface area contributed by atoms with Crippen molar-refractivity contribution in [2.75, 3.05) is 0 Å². The Balaban J connectivity index is 2.30. The van der Waals surface area contributed by atoms with Crippen LogP contribution in [0, 0.1) is 5.41 Å². The molecule has 0 bridgehead atoms. The van der Waals surface area contributed by atoms with E-state index in [2.05, 4.69) is 13.8 Å². The van der Waals surface area contributed by atoms with Crippen molar-refractivity contribution in [2.45, 2.75) is 52.6 Å². The van der Waals surface area contributed by atoms with Gasteiger partial charge >= 0.3 is 5.97 Å². The smallest absolute Gasteiger partial charge is 0.339 e.